The van der Waals surface area contributed by atoms with Crippen molar-refractivity contribution in [3.63, 3.8) is 0 Å². The van der Waals surface area contributed by atoms with Crippen LogP contribution in [0, 0.1) is 6.92 Å². The second-order valence-corrected chi connectivity index (χ2v) is 7.17. The van der Waals surface area contributed by atoms with Crippen molar-refractivity contribution < 1.29 is 27.8 Å². The molecule has 2 N–H and O–H groups in total. The van der Waals surface area contributed by atoms with Crippen LogP contribution in [0.15, 0.2) is 41.3 Å². The zero-order valence-electron chi connectivity index (χ0n) is 13.4. The maximum Gasteiger partial charge on any atom is 0.341 e. The lowest BCUT2D eigenvalue weighted by molar-refractivity contribution is -0.139. The van der Waals surface area contributed by atoms with Crippen molar-refractivity contribution in [2.45, 2.75) is 11.8 Å². The lowest BCUT2D eigenvalue weighted by Crippen LogP contribution is -2.14. The lowest BCUT2D eigenvalue weighted by atomic mass is 10.2. The minimum absolute atomic E-state index is 0.0136. The van der Waals surface area contributed by atoms with E-state index in [4.69, 9.17) is 26.2 Å². The average molecular weight is 386 g/mol. The van der Waals surface area contributed by atoms with Crippen molar-refractivity contribution in [1.82, 2.24) is 0 Å². The summed E-state index contributed by atoms with van der Waals surface area (Å²) in [5, 5.41) is 8.59. The third kappa shape index (κ3) is 4.77. The number of carbonyl (C=O) groups is 1. The van der Waals surface area contributed by atoms with Crippen LogP contribution in [0.4, 0.5) is 5.69 Å². The van der Waals surface area contributed by atoms with Crippen LogP contribution in [0.25, 0.3) is 0 Å². The summed E-state index contributed by atoms with van der Waals surface area (Å²) in [5.41, 5.74) is 1.15. The van der Waals surface area contributed by atoms with E-state index in [1.54, 1.807) is 18.2 Å². The maximum absolute atomic E-state index is 12.6. The number of nitrogens with one attached hydrogen (secondary N) is 1. The highest BCUT2D eigenvalue weighted by atomic mass is 35.5. The van der Waals surface area contributed by atoms with Crippen LogP contribution >= 0.6 is 11.6 Å². The average Bonchev–Trinajstić information content (AvgIpc) is 2.53. The van der Waals surface area contributed by atoms with Gasteiger partial charge in [0.2, 0.25) is 0 Å². The zero-order valence-corrected chi connectivity index (χ0v) is 15.0. The van der Waals surface area contributed by atoms with Crippen LogP contribution in [0.5, 0.6) is 11.5 Å². The molecule has 0 unspecified atom stereocenters. The van der Waals surface area contributed by atoms with E-state index in [0.29, 0.717) is 11.4 Å². The fraction of sp³-hybridized carbons (Fsp3) is 0.188. The fourth-order valence-electron chi connectivity index (χ4n) is 2.01. The molecule has 0 radical (unpaired) electrons. The van der Waals surface area contributed by atoms with E-state index in [9.17, 15) is 13.2 Å². The molecule has 0 amide bonds. The standard InChI is InChI=1S/C16H16ClNO6S/c1-10-3-5-15(23-2)13(7-10)18-25(21,22)11-4-6-14(12(17)8-11)24-9-16(19)20/h3-8,18H,9H2,1-2H3,(H,19,20). The summed E-state index contributed by atoms with van der Waals surface area (Å²) >= 11 is 5.97. The number of benzene rings is 2. The van der Waals surface area contributed by atoms with Crippen LogP contribution in [0.2, 0.25) is 5.02 Å². The number of aryl methyl sites for hydroxylation is 1. The van der Waals surface area contributed by atoms with Crippen molar-refractivity contribution >= 4 is 33.3 Å². The Morgan fingerprint density at radius 2 is 1.88 bits per heavy atom. The molecule has 0 aromatic heterocycles. The number of hydrogen-bond donors (Lipinski definition) is 2. The van der Waals surface area contributed by atoms with Gasteiger partial charge < -0.3 is 14.6 Å². The van der Waals surface area contributed by atoms with Gasteiger partial charge in [-0.15, -0.1) is 0 Å². The van der Waals surface area contributed by atoms with Gasteiger partial charge >= 0.3 is 5.97 Å². The minimum Gasteiger partial charge on any atom is -0.495 e. The van der Waals surface area contributed by atoms with E-state index in [0.717, 1.165) is 5.56 Å². The number of methoxy groups -OCH3 is 1. The molecule has 0 heterocycles. The first-order valence-electron chi connectivity index (χ1n) is 7.04. The zero-order chi connectivity index (χ0) is 18.6. The molecule has 0 aliphatic rings. The van der Waals surface area contributed by atoms with Crippen LogP contribution in [0.3, 0.4) is 0 Å². The molecule has 0 aliphatic carbocycles. The summed E-state index contributed by atoms with van der Waals surface area (Å²) < 4.78 is 37.7. The first-order chi connectivity index (χ1) is 11.7. The van der Waals surface area contributed by atoms with Gasteiger partial charge in [-0.3, -0.25) is 4.72 Å². The summed E-state index contributed by atoms with van der Waals surface area (Å²) in [4.78, 5) is 10.4. The van der Waals surface area contributed by atoms with Gasteiger partial charge in [0, 0.05) is 0 Å². The normalized spacial score (nSPS) is 11.0. The van der Waals surface area contributed by atoms with Gasteiger partial charge in [-0.2, -0.15) is 0 Å². The second kappa shape index (κ2) is 7.62. The molecule has 7 nitrogen and oxygen atoms in total. The van der Waals surface area contributed by atoms with Gasteiger partial charge in [0.25, 0.3) is 10.0 Å². The number of aliphatic carboxylic acids is 1. The Balaban J connectivity index is 2.29. The SMILES string of the molecule is COc1ccc(C)cc1NS(=O)(=O)c1ccc(OCC(=O)O)c(Cl)c1. The van der Waals surface area contributed by atoms with Gasteiger partial charge in [-0.05, 0) is 42.8 Å². The van der Waals surface area contributed by atoms with Crippen molar-refractivity contribution in [3.8, 4) is 11.5 Å². The molecule has 9 heteroatoms. The number of anilines is 1. The third-order valence-corrected chi connectivity index (χ3v) is 4.82. The van der Waals surface area contributed by atoms with Gasteiger partial charge in [-0.1, -0.05) is 17.7 Å². The van der Waals surface area contributed by atoms with E-state index in [-0.39, 0.29) is 15.7 Å². The summed E-state index contributed by atoms with van der Waals surface area (Å²) in [6.45, 7) is 1.24. The quantitative estimate of drug-likeness (QED) is 0.759. The topological polar surface area (TPSA) is 102 Å². The number of ether oxygens (including phenoxy) is 2. The van der Waals surface area contributed by atoms with Crippen LogP contribution in [-0.2, 0) is 14.8 Å². The molecule has 0 atom stereocenters. The Labute approximate surface area is 150 Å². The molecule has 0 saturated carbocycles. The summed E-state index contributed by atoms with van der Waals surface area (Å²) in [7, 11) is -2.48. The van der Waals surface area contributed by atoms with Gasteiger partial charge in [-0.25, -0.2) is 13.2 Å². The second-order valence-electron chi connectivity index (χ2n) is 5.08. The first kappa shape index (κ1) is 18.9. The highest BCUT2D eigenvalue weighted by molar-refractivity contribution is 7.92. The molecule has 0 fully saturated rings. The van der Waals surface area contributed by atoms with E-state index >= 15 is 0 Å². The predicted molar refractivity (Wildman–Crippen MR) is 93.1 cm³/mol. The van der Waals surface area contributed by atoms with E-state index in [2.05, 4.69) is 4.72 Å². The van der Waals surface area contributed by atoms with E-state index in [1.165, 1.54) is 25.3 Å². The Kier molecular flexibility index (Phi) is 5.76. The van der Waals surface area contributed by atoms with Gasteiger partial charge in [0.05, 0.1) is 22.7 Å². The molecule has 134 valence electrons. The number of carboxylic acid groups (broad SMARTS) is 1. The molecule has 0 aliphatic heterocycles. The molecule has 0 saturated heterocycles. The number of carboxylic acids is 1. The highest BCUT2D eigenvalue weighted by Gasteiger charge is 2.18. The number of rotatable bonds is 7. The molecule has 0 spiro atoms. The van der Waals surface area contributed by atoms with E-state index < -0.39 is 22.6 Å². The van der Waals surface area contributed by atoms with Crippen LogP contribution in [-0.4, -0.2) is 33.2 Å². The molecule has 2 aromatic carbocycles. The van der Waals surface area contributed by atoms with Crippen molar-refractivity contribution in [3.05, 3.63) is 47.0 Å². The summed E-state index contributed by atoms with van der Waals surface area (Å²) in [6.07, 6.45) is 0. The smallest absolute Gasteiger partial charge is 0.341 e. The van der Waals surface area contributed by atoms with E-state index in [1.807, 2.05) is 6.92 Å². The minimum atomic E-state index is -3.92. The van der Waals surface area contributed by atoms with Crippen molar-refractivity contribution in [2.24, 2.45) is 0 Å². The highest BCUT2D eigenvalue weighted by Crippen LogP contribution is 2.31. The van der Waals surface area contributed by atoms with Crippen molar-refractivity contribution in [2.75, 3.05) is 18.4 Å². The Bertz CT molecular complexity index is 897. The number of hydrogen-bond acceptors (Lipinski definition) is 5. The Morgan fingerprint density at radius 1 is 1.20 bits per heavy atom. The van der Waals surface area contributed by atoms with Gasteiger partial charge in [0.1, 0.15) is 11.5 Å². The van der Waals surface area contributed by atoms with Crippen molar-refractivity contribution in [1.29, 1.82) is 0 Å². The third-order valence-electron chi connectivity index (χ3n) is 3.16. The monoisotopic (exact) mass is 385 g/mol. The predicted octanol–water partition coefficient (Wildman–Crippen LogP) is 2.92. The molecule has 2 aromatic rings. The van der Waals surface area contributed by atoms with Gasteiger partial charge in [0.15, 0.2) is 6.61 Å². The molecule has 0 bridgehead atoms. The Morgan fingerprint density at radius 3 is 2.48 bits per heavy atom. The van der Waals surface area contributed by atoms with Crippen LogP contribution in [0.1, 0.15) is 5.56 Å². The molecule has 25 heavy (non-hydrogen) atoms. The maximum atomic E-state index is 12.6. The molecular formula is C16H16ClNO6S. The molecular weight excluding hydrogens is 370 g/mol. The molecule has 2 rings (SSSR count). The first-order valence-corrected chi connectivity index (χ1v) is 8.90. The fourth-order valence-corrected chi connectivity index (χ4v) is 3.40. The lowest BCUT2D eigenvalue weighted by Gasteiger charge is -2.13. The van der Waals surface area contributed by atoms with Crippen LogP contribution < -0.4 is 14.2 Å². The summed E-state index contributed by atoms with van der Waals surface area (Å²) in [5.74, 6) is -0.709. The number of sulfonamides is 1. The Hall–Kier alpha value is -2.45. The number of halogens is 1. The summed E-state index contributed by atoms with van der Waals surface area (Å²) in [6, 6.07) is 8.84. The largest absolute Gasteiger partial charge is 0.495 e.